The largest absolute Gasteiger partial charge is 0.493 e. The maximum Gasteiger partial charge on any atom is 0.217 e. The van der Waals surface area contributed by atoms with E-state index in [-0.39, 0.29) is 5.90 Å². The van der Waals surface area contributed by atoms with E-state index in [4.69, 9.17) is 24.4 Å². The molecular formula is C22H22N4O4. The van der Waals surface area contributed by atoms with Gasteiger partial charge in [-0.25, -0.2) is 0 Å². The highest BCUT2D eigenvalue weighted by molar-refractivity contribution is 5.89. The highest BCUT2D eigenvalue weighted by Gasteiger charge is 2.80. The maximum atomic E-state index is 10.3. The summed E-state index contributed by atoms with van der Waals surface area (Å²) >= 11 is 0. The van der Waals surface area contributed by atoms with Gasteiger partial charge in [0, 0.05) is 6.42 Å². The summed E-state index contributed by atoms with van der Waals surface area (Å²) in [5, 5.41) is 39.3. The average molecular weight is 406 g/mol. The van der Waals surface area contributed by atoms with Crippen LogP contribution in [0.2, 0.25) is 0 Å². The van der Waals surface area contributed by atoms with Crippen molar-refractivity contribution >= 4 is 5.90 Å². The highest BCUT2D eigenvalue weighted by Crippen LogP contribution is 2.69. The van der Waals surface area contributed by atoms with Gasteiger partial charge in [-0.15, -0.1) is 0 Å². The van der Waals surface area contributed by atoms with E-state index in [2.05, 4.69) is 18.2 Å². The van der Waals surface area contributed by atoms with Crippen molar-refractivity contribution in [2.24, 2.45) is 16.7 Å². The first kappa shape index (κ1) is 20.0. The number of ether oxygens (including phenoxy) is 4. The fourth-order valence-corrected chi connectivity index (χ4v) is 5.28. The molecule has 2 saturated heterocycles. The number of nitrogens with one attached hydrogen (secondary N) is 1. The van der Waals surface area contributed by atoms with Crippen LogP contribution in [-0.4, -0.2) is 25.4 Å². The predicted molar refractivity (Wildman–Crippen MR) is 103 cm³/mol. The summed E-state index contributed by atoms with van der Waals surface area (Å²) < 4.78 is 23.3. The lowest BCUT2D eigenvalue weighted by atomic mass is 9.51. The third-order valence-electron chi connectivity index (χ3n) is 6.61. The Morgan fingerprint density at radius 1 is 1.17 bits per heavy atom. The monoisotopic (exact) mass is 406 g/mol. The second kappa shape index (κ2) is 6.90. The molecule has 3 fully saturated rings. The Balaban J connectivity index is 1.94. The van der Waals surface area contributed by atoms with Gasteiger partial charge in [0.25, 0.3) is 0 Å². The Morgan fingerprint density at radius 3 is 2.57 bits per heavy atom. The Labute approximate surface area is 175 Å². The summed E-state index contributed by atoms with van der Waals surface area (Å²) in [6, 6.07) is 11.4. The lowest BCUT2D eigenvalue weighted by Gasteiger charge is -2.51. The number of nitrogens with zero attached hydrogens (tertiary/aromatic N) is 3. The van der Waals surface area contributed by atoms with Crippen LogP contribution in [0.1, 0.15) is 44.3 Å². The van der Waals surface area contributed by atoms with Crippen molar-refractivity contribution in [3.8, 4) is 29.7 Å². The smallest absolute Gasteiger partial charge is 0.217 e. The summed E-state index contributed by atoms with van der Waals surface area (Å²) in [6.45, 7) is 2.30. The van der Waals surface area contributed by atoms with Crippen LogP contribution in [0.15, 0.2) is 18.2 Å². The van der Waals surface area contributed by atoms with Gasteiger partial charge in [-0.1, -0.05) is 12.5 Å². The lowest BCUT2D eigenvalue weighted by Crippen LogP contribution is -2.60. The Hall–Kier alpha value is -3.28. The van der Waals surface area contributed by atoms with Crippen LogP contribution in [-0.2, 0) is 9.47 Å². The van der Waals surface area contributed by atoms with E-state index in [1.54, 1.807) is 18.2 Å². The second-order valence-corrected chi connectivity index (χ2v) is 7.83. The summed E-state index contributed by atoms with van der Waals surface area (Å²) in [4.78, 5) is 0. The third-order valence-corrected chi connectivity index (χ3v) is 6.61. The molecule has 4 atom stereocenters. The SMILES string of the molecule is CCOc1ccc([C@H]2O[C@@]34CCCC[C@H]3[C@@](C#N)(C(=N)O4)C2(C#N)C#N)cc1OC. The van der Waals surface area contributed by atoms with Crippen molar-refractivity contribution in [2.75, 3.05) is 13.7 Å². The van der Waals surface area contributed by atoms with E-state index in [1.165, 1.54) is 7.11 Å². The van der Waals surface area contributed by atoms with Gasteiger partial charge in [0.05, 0.1) is 37.8 Å². The van der Waals surface area contributed by atoms with Gasteiger partial charge >= 0.3 is 0 Å². The van der Waals surface area contributed by atoms with Gasteiger partial charge < -0.3 is 18.9 Å². The molecule has 30 heavy (non-hydrogen) atoms. The molecule has 154 valence electrons. The van der Waals surface area contributed by atoms with Crippen molar-refractivity contribution in [3.05, 3.63) is 23.8 Å². The molecule has 2 heterocycles. The number of hydrogen-bond acceptors (Lipinski definition) is 8. The zero-order valence-electron chi connectivity index (χ0n) is 16.9. The van der Waals surface area contributed by atoms with Crippen LogP contribution in [0.5, 0.6) is 11.5 Å². The molecule has 4 rings (SSSR count). The van der Waals surface area contributed by atoms with Crippen LogP contribution in [0.3, 0.4) is 0 Å². The number of nitriles is 3. The van der Waals surface area contributed by atoms with Crippen LogP contribution in [0.4, 0.5) is 0 Å². The molecule has 0 radical (unpaired) electrons. The zero-order valence-corrected chi connectivity index (χ0v) is 16.9. The van der Waals surface area contributed by atoms with Gasteiger partial charge in [0.2, 0.25) is 17.1 Å². The number of rotatable bonds is 4. The summed E-state index contributed by atoms with van der Waals surface area (Å²) in [5.74, 6) is -1.12. The standard InChI is InChI=1S/C22H22N4O4/c1-3-28-15-8-7-14(10-16(15)27-2)18-20(11-23,12-24)21(13-25)17-6-4-5-9-22(17,29-18)30-19(21)26/h7-8,10,17-18,26H,3-6,9H2,1-2H3/t17-,18+,21-,22+/m0/s1. The topological polar surface area (TPSA) is 132 Å². The first-order valence-electron chi connectivity index (χ1n) is 9.99. The molecule has 2 bridgehead atoms. The van der Waals surface area contributed by atoms with Gasteiger partial charge in [-0.3, -0.25) is 5.41 Å². The quantitative estimate of drug-likeness (QED) is 0.807. The zero-order chi connectivity index (χ0) is 21.6. The molecule has 1 aromatic rings. The molecule has 8 heteroatoms. The molecule has 0 amide bonds. The fourth-order valence-electron chi connectivity index (χ4n) is 5.28. The molecule has 2 aliphatic heterocycles. The third kappa shape index (κ3) is 2.24. The Kier molecular flexibility index (Phi) is 4.60. The minimum absolute atomic E-state index is 0.347. The molecular weight excluding hydrogens is 384 g/mol. The number of methoxy groups -OCH3 is 1. The Morgan fingerprint density at radius 2 is 1.93 bits per heavy atom. The number of benzene rings is 1. The van der Waals surface area contributed by atoms with E-state index < -0.39 is 28.6 Å². The van der Waals surface area contributed by atoms with E-state index >= 15 is 0 Å². The van der Waals surface area contributed by atoms with Gasteiger partial charge in [-0.2, -0.15) is 15.8 Å². The molecule has 1 N–H and O–H groups in total. The molecule has 8 nitrogen and oxygen atoms in total. The minimum atomic E-state index is -1.95. The van der Waals surface area contributed by atoms with Crippen LogP contribution in [0, 0.1) is 56.2 Å². The van der Waals surface area contributed by atoms with Gasteiger partial charge in [0.15, 0.2) is 16.9 Å². The average Bonchev–Trinajstić information content (AvgIpc) is 2.98. The molecule has 0 aromatic heterocycles. The molecule has 1 saturated carbocycles. The first-order valence-corrected chi connectivity index (χ1v) is 9.99. The number of hydrogen-bond donors (Lipinski definition) is 1. The predicted octanol–water partition coefficient (Wildman–Crippen LogP) is 3.60. The summed E-state index contributed by atoms with van der Waals surface area (Å²) in [6.07, 6.45) is 1.61. The van der Waals surface area contributed by atoms with Crippen molar-refractivity contribution in [3.63, 3.8) is 0 Å². The highest BCUT2D eigenvalue weighted by atomic mass is 16.7. The van der Waals surface area contributed by atoms with Crippen molar-refractivity contribution < 1.29 is 18.9 Å². The molecule has 1 aliphatic carbocycles. The van der Waals surface area contributed by atoms with E-state index in [0.29, 0.717) is 36.5 Å². The molecule has 0 spiro atoms. The van der Waals surface area contributed by atoms with Crippen LogP contribution >= 0.6 is 0 Å². The van der Waals surface area contributed by atoms with Gasteiger partial charge in [0.1, 0.15) is 6.10 Å². The van der Waals surface area contributed by atoms with E-state index in [1.807, 2.05) is 6.92 Å². The lowest BCUT2D eigenvalue weighted by molar-refractivity contribution is -0.294. The normalized spacial score (nSPS) is 33.2. The molecule has 0 unspecified atom stereocenters. The second-order valence-electron chi connectivity index (χ2n) is 7.83. The van der Waals surface area contributed by atoms with Crippen LogP contribution in [0.25, 0.3) is 0 Å². The molecule has 1 aromatic carbocycles. The molecule has 3 aliphatic rings. The Bertz CT molecular complexity index is 1010. The summed E-state index contributed by atoms with van der Waals surface area (Å²) in [5.41, 5.74) is -3.15. The van der Waals surface area contributed by atoms with Crippen LogP contribution < -0.4 is 9.47 Å². The van der Waals surface area contributed by atoms with Gasteiger partial charge in [-0.05, 0) is 37.5 Å². The van der Waals surface area contributed by atoms with E-state index in [0.717, 1.165) is 12.8 Å². The first-order chi connectivity index (χ1) is 14.5. The van der Waals surface area contributed by atoms with E-state index in [9.17, 15) is 15.8 Å². The summed E-state index contributed by atoms with van der Waals surface area (Å²) in [7, 11) is 1.50. The minimum Gasteiger partial charge on any atom is -0.493 e. The van der Waals surface area contributed by atoms with Crippen molar-refractivity contribution in [1.29, 1.82) is 21.2 Å². The van der Waals surface area contributed by atoms with Crippen molar-refractivity contribution in [1.82, 2.24) is 0 Å². The van der Waals surface area contributed by atoms with Crippen molar-refractivity contribution in [2.45, 2.75) is 44.5 Å². The fraction of sp³-hybridized carbons (Fsp3) is 0.545. The maximum absolute atomic E-state index is 10.3.